The summed E-state index contributed by atoms with van der Waals surface area (Å²) in [7, 11) is -1.22. The second-order valence-corrected chi connectivity index (χ2v) is 8.80. The number of anilines is 1. The van der Waals surface area contributed by atoms with Gasteiger partial charge in [0.15, 0.2) is 5.58 Å². The largest absolute Gasteiger partial charge is 0.497 e. The highest BCUT2D eigenvalue weighted by Crippen LogP contribution is 2.29. The Balaban J connectivity index is 2.14. The van der Waals surface area contributed by atoms with E-state index in [-0.39, 0.29) is 28.5 Å². The first-order chi connectivity index (χ1) is 13.6. The average molecular weight is 418 g/mol. The van der Waals surface area contributed by atoms with Crippen molar-refractivity contribution in [2.24, 2.45) is 13.0 Å². The molecule has 0 N–H and O–H groups in total. The third kappa shape index (κ3) is 3.91. The predicted octanol–water partition coefficient (Wildman–Crippen LogP) is 2.91. The maximum atomic E-state index is 13.4. The molecule has 0 aliphatic rings. The van der Waals surface area contributed by atoms with Crippen LogP contribution in [0.25, 0.3) is 11.1 Å². The van der Waals surface area contributed by atoms with Crippen molar-refractivity contribution in [3.8, 4) is 5.75 Å². The Morgan fingerprint density at radius 3 is 2.41 bits per heavy atom. The number of methoxy groups -OCH3 is 1. The van der Waals surface area contributed by atoms with Gasteiger partial charge in [-0.1, -0.05) is 13.8 Å². The second kappa shape index (κ2) is 7.75. The van der Waals surface area contributed by atoms with E-state index >= 15 is 0 Å². The lowest BCUT2D eigenvalue weighted by Gasteiger charge is -2.23. The molecule has 0 aliphatic heterocycles. The number of benzene rings is 2. The number of sulfonamides is 1. The van der Waals surface area contributed by atoms with Crippen molar-refractivity contribution in [3.05, 3.63) is 53.0 Å². The van der Waals surface area contributed by atoms with Crippen molar-refractivity contribution in [1.29, 1.82) is 0 Å². The quantitative estimate of drug-likeness (QED) is 0.610. The van der Waals surface area contributed by atoms with Gasteiger partial charge in [0.25, 0.3) is 10.0 Å². The number of aromatic nitrogens is 1. The summed E-state index contributed by atoms with van der Waals surface area (Å²) in [6.07, 6.45) is 0.0495. The molecule has 0 unspecified atom stereocenters. The lowest BCUT2D eigenvalue weighted by atomic mass is 10.1. The summed E-state index contributed by atoms with van der Waals surface area (Å²) >= 11 is 0. The molecule has 0 saturated heterocycles. The molecule has 0 aliphatic carbocycles. The van der Waals surface area contributed by atoms with Crippen LogP contribution in [0.1, 0.15) is 20.3 Å². The standard InChI is InChI=1S/C20H22N2O6S/c1-13(2)11-19(23)22(14-5-7-15(27-4)8-6-14)29(25,26)16-9-10-17-18(12-16)28-20(24)21(17)3/h5-10,12-13H,11H2,1-4H3. The van der Waals surface area contributed by atoms with Crippen LogP contribution in [0.15, 0.2) is 56.6 Å². The molecule has 1 heterocycles. The molecule has 1 aromatic heterocycles. The van der Waals surface area contributed by atoms with Gasteiger partial charge in [-0.25, -0.2) is 17.5 Å². The maximum Gasteiger partial charge on any atom is 0.419 e. The Morgan fingerprint density at radius 2 is 1.83 bits per heavy atom. The highest BCUT2D eigenvalue weighted by Gasteiger charge is 2.32. The molecule has 0 radical (unpaired) electrons. The van der Waals surface area contributed by atoms with Crippen molar-refractivity contribution in [1.82, 2.24) is 4.57 Å². The van der Waals surface area contributed by atoms with Crippen LogP contribution in [0.3, 0.4) is 0 Å². The molecule has 1 amide bonds. The van der Waals surface area contributed by atoms with Crippen LogP contribution in [0.5, 0.6) is 5.75 Å². The Morgan fingerprint density at radius 1 is 1.17 bits per heavy atom. The summed E-state index contributed by atoms with van der Waals surface area (Å²) in [6.45, 7) is 3.67. The van der Waals surface area contributed by atoms with E-state index in [1.165, 1.54) is 49.1 Å². The Bertz CT molecular complexity index is 1210. The smallest absolute Gasteiger partial charge is 0.419 e. The number of ether oxygens (including phenoxy) is 1. The lowest BCUT2D eigenvalue weighted by molar-refractivity contribution is -0.118. The number of hydrogen-bond acceptors (Lipinski definition) is 6. The number of carbonyl (C=O) groups is 1. The Kier molecular flexibility index (Phi) is 5.52. The van der Waals surface area contributed by atoms with E-state index < -0.39 is 21.7 Å². The number of fused-ring (bicyclic) bond motifs is 1. The van der Waals surface area contributed by atoms with Gasteiger partial charge in [-0.15, -0.1) is 0 Å². The fraction of sp³-hybridized carbons (Fsp3) is 0.300. The first-order valence-electron chi connectivity index (χ1n) is 8.97. The SMILES string of the molecule is COc1ccc(N(C(=O)CC(C)C)S(=O)(=O)c2ccc3c(c2)oc(=O)n3C)cc1. The predicted molar refractivity (Wildman–Crippen MR) is 109 cm³/mol. The van der Waals surface area contributed by atoms with Crippen LogP contribution in [0.4, 0.5) is 5.69 Å². The maximum absolute atomic E-state index is 13.4. The van der Waals surface area contributed by atoms with Crippen LogP contribution < -0.4 is 14.8 Å². The molecule has 2 aromatic carbocycles. The van der Waals surface area contributed by atoms with Crippen molar-refractivity contribution < 1.29 is 22.4 Å². The fourth-order valence-electron chi connectivity index (χ4n) is 2.95. The minimum Gasteiger partial charge on any atom is -0.497 e. The molecule has 9 heteroatoms. The van der Waals surface area contributed by atoms with Gasteiger partial charge >= 0.3 is 5.76 Å². The van der Waals surface area contributed by atoms with E-state index in [0.717, 1.165) is 4.31 Å². The van der Waals surface area contributed by atoms with Gasteiger partial charge in [0.1, 0.15) is 5.75 Å². The molecule has 8 nitrogen and oxygen atoms in total. The van der Waals surface area contributed by atoms with Gasteiger partial charge in [0, 0.05) is 19.5 Å². The van der Waals surface area contributed by atoms with Gasteiger partial charge in [0.2, 0.25) is 5.91 Å². The third-order valence-corrected chi connectivity index (χ3v) is 6.16. The molecule has 0 bridgehead atoms. The molecular weight excluding hydrogens is 396 g/mol. The number of hydrogen-bond donors (Lipinski definition) is 0. The highest BCUT2D eigenvalue weighted by atomic mass is 32.2. The van der Waals surface area contributed by atoms with E-state index in [4.69, 9.17) is 9.15 Å². The molecule has 29 heavy (non-hydrogen) atoms. The first-order valence-corrected chi connectivity index (χ1v) is 10.4. The van der Waals surface area contributed by atoms with E-state index in [1.807, 2.05) is 13.8 Å². The second-order valence-electron chi connectivity index (χ2n) is 7.02. The van der Waals surface area contributed by atoms with E-state index in [0.29, 0.717) is 11.3 Å². The Labute approximate surface area is 168 Å². The molecular formula is C20H22N2O6S. The van der Waals surface area contributed by atoms with E-state index in [1.54, 1.807) is 12.1 Å². The number of carbonyl (C=O) groups excluding carboxylic acids is 1. The molecule has 3 aromatic rings. The minimum absolute atomic E-state index is 0.0342. The summed E-state index contributed by atoms with van der Waals surface area (Å²) in [6, 6.07) is 10.3. The van der Waals surface area contributed by atoms with E-state index in [2.05, 4.69) is 0 Å². The van der Waals surface area contributed by atoms with Crippen LogP contribution in [0.2, 0.25) is 0 Å². The van der Waals surface area contributed by atoms with Gasteiger partial charge in [-0.05, 0) is 42.3 Å². The normalized spacial score (nSPS) is 11.8. The van der Waals surface area contributed by atoms with Gasteiger partial charge in [0.05, 0.1) is 23.2 Å². The number of rotatable bonds is 6. The van der Waals surface area contributed by atoms with Crippen molar-refractivity contribution in [3.63, 3.8) is 0 Å². The molecule has 0 saturated carbocycles. The van der Waals surface area contributed by atoms with Gasteiger partial charge in [-0.2, -0.15) is 0 Å². The zero-order valence-corrected chi connectivity index (χ0v) is 17.4. The summed E-state index contributed by atoms with van der Waals surface area (Å²) < 4.78 is 39.1. The number of aryl methyl sites for hydroxylation is 1. The monoisotopic (exact) mass is 418 g/mol. The summed E-state index contributed by atoms with van der Waals surface area (Å²) in [4.78, 5) is 24.5. The van der Waals surface area contributed by atoms with Crippen molar-refractivity contribution in [2.45, 2.75) is 25.2 Å². The number of amides is 1. The Hall–Kier alpha value is -3.07. The zero-order valence-electron chi connectivity index (χ0n) is 16.6. The summed E-state index contributed by atoms with van der Waals surface area (Å²) in [5.41, 5.74) is 0.786. The summed E-state index contributed by atoms with van der Waals surface area (Å²) in [5, 5.41) is 0. The van der Waals surface area contributed by atoms with Gasteiger partial charge in [-0.3, -0.25) is 9.36 Å². The first kappa shape index (κ1) is 20.7. The highest BCUT2D eigenvalue weighted by molar-refractivity contribution is 7.93. The molecule has 0 fully saturated rings. The number of nitrogens with zero attached hydrogens (tertiary/aromatic N) is 2. The topological polar surface area (TPSA) is 98.8 Å². The lowest BCUT2D eigenvalue weighted by Crippen LogP contribution is -2.37. The van der Waals surface area contributed by atoms with Crippen LogP contribution in [-0.2, 0) is 21.9 Å². The van der Waals surface area contributed by atoms with Crippen molar-refractivity contribution >= 4 is 32.7 Å². The molecule has 0 spiro atoms. The zero-order chi connectivity index (χ0) is 21.3. The van der Waals surface area contributed by atoms with Crippen LogP contribution >= 0.6 is 0 Å². The van der Waals surface area contributed by atoms with Gasteiger partial charge < -0.3 is 9.15 Å². The van der Waals surface area contributed by atoms with Crippen LogP contribution in [0, 0.1) is 5.92 Å². The number of oxazole rings is 1. The van der Waals surface area contributed by atoms with Crippen LogP contribution in [-0.4, -0.2) is 26.0 Å². The molecule has 154 valence electrons. The molecule has 0 atom stereocenters. The third-order valence-electron chi connectivity index (χ3n) is 4.42. The van der Waals surface area contributed by atoms with Crippen molar-refractivity contribution in [2.75, 3.05) is 11.4 Å². The summed E-state index contributed by atoms with van der Waals surface area (Å²) in [5.74, 6) is -0.653. The average Bonchev–Trinajstić information content (AvgIpc) is 2.95. The van der Waals surface area contributed by atoms with E-state index in [9.17, 15) is 18.0 Å². The fourth-order valence-corrected chi connectivity index (χ4v) is 4.40. The minimum atomic E-state index is -4.24. The molecule has 3 rings (SSSR count).